The molecule has 0 radical (unpaired) electrons. The molecule has 1 saturated carbocycles. The molecule has 1 aromatic heterocycles. The van der Waals surface area contributed by atoms with Gasteiger partial charge in [-0.25, -0.2) is 4.98 Å². The van der Waals surface area contributed by atoms with Gasteiger partial charge in [-0.2, -0.15) is 0 Å². The second-order valence-electron chi connectivity index (χ2n) is 7.55. The highest BCUT2D eigenvalue weighted by atomic mass is 35.5. The minimum Gasteiger partial charge on any atom is -0.496 e. The maximum Gasteiger partial charge on any atom is 0.247 e. The molecule has 1 aliphatic rings. The van der Waals surface area contributed by atoms with Crippen LogP contribution >= 0.6 is 11.6 Å². The standard InChI is InChI=1S/C23H28ClN3O3/c1-30-20-10-6-5-7-18(20)16-27(21(28)15-24)22(17-11-13-25-14-12-17)23(29)26-19-8-3-2-4-9-19/h5-7,10-14,19,22H,2-4,8-9,15-16H2,1H3,(H,26,29)/p+1. The molecule has 2 aromatic rings. The molecule has 1 atom stereocenters. The lowest BCUT2D eigenvalue weighted by atomic mass is 9.94. The molecule has 1 heterocycles. The summed E-state index contributed by atoms with van der Waals surface area (Å²) < 4.78 is 5.45. The Morgan fingerprint density at radius 2 is 1.87 bits per heavy atom. The second-order valence-corrected chi connectivity index (χ2v) is 7.81. The minimum absolute atomic E-state index is 0.142. The summed E-state index contributed by atoms with van der Waals surface area (Å²) in [6, 6.07) is 10.5. The second kappa shape index (κ2) is 11.0. The number of aromatic nitrogens is 1. The number of H-pyrrole nitrogens is 1. The predicted molar refractivity (Wildman–Crippen MR) is 115 cm³/mol. The summed E-state index contributed by atoms with van der Waals surface area (Å²) >= 11 is 5.95. The Kier molecular flexibility index (Phi) is 8.08. The van der Waals surface area contributed by atoms with E-state index in [2.05, 4.69) is 10.3 Å². The van der Waals surface area contributed by atoms with Crippen molar-refractivity contribution in [3.8, 4) is 5.75 Å². The molecule has 0 spiro atoms. The van der Waals surface area contributed by atoms with E-state index in [1.54, 1.807) is 24.4 Å². The average molecular weight is 431 g/mol. The zero-order valence-corrected chi connectivity index (χ0v) is 18.0. The highest BCUT2D eigenvalue weighted by Crippen LogP contribution is 2.28. The highest BCUT2D eigenvalue weighted by Gasteiger charge is 2.33. The Morgan fingerprint density at radius 1 is 1.17 bits per heavy atom. The summed E-state index contributed by atoms with van der Waals surface area (Å²) in [6.45, 7) is 0.219. The van der Waals surface area contributed by atoms with E-state index in [0.29, 0.717) is 5.75 Å². The molecule has 0 aliphatic heterocycles. The molecule has 1 aliphatic carbocycles. The molecular weight excluding hydrogens is 402 g/mol. The number of nitrogens with one attached hydrogen (secondary N) is 2. The normalized spacial score (nSPS) is 15.3. The Morgan fingerprint density at radius 3 is 2.53 bits per heavy atom. The van der Waals surface area contributed by atoms with Crippen molar-refractivity contribution in [2.24, 2.45) is 0 Å². The van der Waals surface area contributed by atoms with Crippen molar-refractivity contribution in [3.05, 3.63) is 59.9 Å². The van der Waals surface area contributed by atoms with E-state index in [1.165, 1.54) is 6.42 Å². The van der Waals surface area contributed by atoms with Gasteiger partial charge in [-0.05, 0) is 24.5 Å². The number of alkyl halides is 1. The summed E-state index contributed by atoms with van der Waals surface area (Å²) in [5, 5.41) is 3.17. The lowest BCUT2D eigenvalue weighted by Crippen LogP contribution is -2.47. The van der Waals surface area contributed by atoms with Crippen LogP contribution in [0.2, 0.25) is 0 Å². The van der Waals surface area contributed by atoms with Gasteiger partial charge in [0.15, 0.2) is 12.4 Å². The Balaban J connectivity index is 1.94. The molecule has 6 nitrogen and oxygen atoms in total. The maximum absolute atomic E-state index is 13.4. The number of hydrogen-bond donors (Lipinski definition) is 1. The SMILES string of the molecule is COc1ccccc1CN(C(=O)CCl)C(C(=O)NC1CCCCC1)c1cc[nH+]cc1. The number of hydrogen-bond acceptors (Lipinski definition) is 3. The van der Waals surface area contributed by atoms with E-state index in [-0.39, 0.29) is 30.3 Å². The zero-order valence-electron chi connectivity index (χ0n) is 17.3. The van der Waals surface area contributed by atoms with E-state index < -0.39 is 6.04 Å². The number of nitrogens with zero attached hydrogens (tertiary/aromatic N) is 1. The van der Waals surface area contributed by atoms with Crippen molar-refractivity contribution in [2.45, 2.75) is 50.7 Å². The number of methoxy groups -OCH3 is 1. The largest absolute Gasteiger partial charge is 0.496 e. The first-order valence-electron chi connectivity index (χ1n) is 10.4. The third-order valence-electron chi connectivity index (χ3n) is 5.54. The molecule has 1 aromatic carbocycles. The fourth-order valence-electron chi connectivity index (χ4n) is 4.00. The number of rotatable bonds is 8. The minimum atomic E-state index is -0.780. The van der Waals surface area contributed by atoms with Crippen LogP contribution in [0.3, 0.4) is 0 Å². The van der Waals surface area contributed by atoms with Gasteiger partial charge in [0.1, 0.15) is 17.7 Å². The Hall–Kier alpha value is -2.60. The van der Waals surface area contributed by atoms with Crippen molar-refractivity contribution < 1.29 is 19.3 Å². The van der Waals surface area contributed by atoms with Crippen molar-refractivity contribution >= 4 is 23.4 Å². The van der Waals surface area contributed by atoms with Gasteiger partial charge in [0.2, 0.25) is 11.8 Å². The lowest BCUT2D eigenvalue weighted by molar-refractivity contribution is -0.378. The van der Waals surface area contributed by atoms with Crippen LogP contribution in [0.1, 0.15) is 49.3 Å². The van der Waals surface area contributed by atoms with Crippen LogP contribution in [0.15, 0.2) is 48.8 Å². The fraction of sp³-hybridized carbons (Fsp3) is 0.435. The number of benzene rings is 1. The van der Waals surface area contributed by atoms with Gasteiger partial charge in [-0.3, -0.25) is 9.59 Å². The van der Waals surface area contributed by atoms with Gasteiger partial charge in [-0.1, -0.05) is 37.5 Å². The van der Waals surface area contributed by atoms with Crippen LogP contribution in [-0.2, 0) is 16.1 Å². The quantitative estimate of drug-likeness (QED) is 0.653. The number of para-hydroxylation sites is 1. The van der Waals surface area contributed by atoms with Crippen molar-refractivity contribution in [3.63, 3.8) is 0 Å². The number of carbonyl (C=O) groups excluding carboxylic acids is 2. The van der Waals surface area contributed by atoms with Gasteiger partial charge in [-0.15, -0.1) is 11.6 Å². The summed E-state index contributed by atoms with van der Waals surface area (Å²) in [5.41, 5.74) is 1.55. The summed E-state index contributed by atoms with van der Waals surface area (Å²) in [4.78, 5) is 30.8. The molecule has 7 heteroatoms. The molecule has 2 amide bonds. The number of amides is 2. The van der Waals surface area contributed by atoms with Crippen LogP contribution in [0.25, 0.3) is 0 Å². The van der Waals surface area contributed by atoms with Gasteiger partial charge in [0.05, 0.1) is 13.7 Å². The van der Waals surface area contributed by atoms with Crippen LogP contribution in [0.4, 0.5) is 0 Å². The molecule has 3 rings (SSSR count). The Labute approximate surface area is 182 Å². The van der Waals surface area contributed by atoms with Crippen molar-refractivity contribution in [2.75, 3.05) is 13.0 Å². The van der Waals surface area contributed by atoms with Crippen LogP contribution in [0.5, 0.6) is 5.75 Å². The van der Waals surface area contributed by atoms with E-state index in [4.69, 9.17) is 16.3 Å². The molecule has 1 fully saturated rings. The van der Waals surface area contributed by atoms with Crippen LogP contribution in [0, 0.1) is 0 Å². The first kappa shape index (κ1) is 22.1. The first-order valence-corrected chi connectivity index (χ1v) is 10.9. The zero-order chi connectivity index (χ0) is 21.3. The molecule has 0 bridgehead atoms. The van der Waals surface area contributed by atoms with Gasteiger partial charge in [0.25, 0.3) is 0 Å². The number of carbonyl (C=O) groups is 2. The molecule has 160 valence electrons. The fourth-order valence-corrected chi connectivity index (χ4v) is 4.15. The van der Waals surface area contributed by atoms with E-state index in [9.17, 15) is 9.59 Å². The molecular formula is C23H29ClN3O3+. The predicted octanol–water partition coefficient (Wildman–Crippen LogP) is 3.27. The summed E-state index contributed by atoms with van der Waals surface area (Å²) in [6.07, 6.45) is 8.87. The highest BCUT2D eigenvalue weighted by molar-refractivity contribution is 6.27. The van der Waals surface area contributed by atoms with E-state index in [0.717, 1.165) is 36.8 Å². The topological polar surface area (TPSA) is 72.8 Å². The molecule has 1 unspecified atom stereocenters. The number of ether oxygens (including phenoxy) is 1. The van der Waals surface area contributed by atoms with E-state index in [1.807, 2.05) is 36.4 Å². The Bertz CT molecular complexity index is 841. The van der Waals surface area contributed by atoms with Crippen LogP contribution < -0.4 is 15.0 Å². The third kappa shape index (κ3) is 5.51. The lowest BCUT2D eigenvalue weighted by Gasteiger charge is -2.33. The van der Waals surface area contributed by atoms with Crippen molar-refractivity contribution in [1.29, 1.82) is 0 Å². The summed E-state index contributed by atoms with van der Waals surface area (Å²) in [7, 11) is 1.59. The summed E-state index contributed by atoms with van der Waals surface area (Å²) in [5.74, 6) is -0.0280. The van der Waals surface area contributed by atoms with Gasteiger partial charge in [0, 0.05) is 23.7 Å². The molecule has 0 saturated heterocycles. The number of pyridine rings is 1. The van der Waals surface area contributed by atoms with Gasteiger partial charge >= 0.3 is 0 Å². The molecule has 30 heavy (non-hydrogen) atoms. The number of halogens is 1. The van der Waals surface area contributed by atoms with Gasteiger partial charge < -0.3 is 15.0 Å². The number of aromatic amines is 1. The van der Waals surface area contributed by atoms with Crippen molar-refractivity contribution in [1.82, 2.24) is 10.2 Å². The van der Waals surface area contributed by atoms with E-state index >= 15 is 0 Å². The maximum atomic E-state index is 13.4. The monoisotopic (exact) mass is 430 g/mol. The molecule has 2 N–H and O–H groups in total. The van der Waals surface area contributed by atoms with Crippen LogP contribution in [-0.4, -0.2) is 35.7 Å². The third-order valence-corrected chi connectivity index (χ3v) is 5.77. The smallest absolute Gasteiger partial charge is 0.247 e. The first-order chi connectivity index (χ1) is 14.6. The average Bonchev–Trinajstić information content (AvgIpc) is 2.79.